The molecule has 1 aromatic carbocycles. The molecule has 1 aliphatic heterocycles. The predicted molar refractivity (Wildman–Crippen MR) is 114 cm³/mol. The van der Waals surface area contributed by atoms with Gasteiger partial charge in [-0.1, -0.05) is 45.0 Å². The lowest BCUT2D eigenvalue weighted by atomic mass is 9.90. The molecule has 0 radical (unpaired) electrons. The lowest BCUT2D eigenvalue weighted by Crippen LogP contribution is -2.47. The standard InChI is InChI=1S/C23H30N2O2S/c1-5-21(26)24(14-16(2)3)15-22(27)25-12-10-20-19(11-13-28-20)23(25)18-9-7-6-8-17(18)4/h6-9,11,13,16,23H,5,10,12,14-15H2,1-4H3/t23-/m1/s1. The van der Waals surface area contributed by atoms with Crippen molar-refractivity contribution in [3.63, 3.8) is 0 Å². The SMILES string of the molecule is CCC(=O)N(CC(=O)N1CCc2sccc2[C@H]1c1ccccc1C)CC(C)C. The van der Waals surface area contributed by atoms with Gasteiger partial charge in [-0.15, -0.1) is 11.3 Å². The summed E-state index contributed by atoms with van der Waals surface area (Å²) in [5, 5.41) is 2.12. The second-order valence-electron chi connectivity index (χ2n) is 7.92. The number of aryl methyl sites for hydroxylation is 1. The Balaban J connectivity index is 1.91. The van der Waals surface area contributed by atoms with Crippen molar-refractivity contribution < 1.29 is 9.59 Å². The molecule has 2 amide bonds. The maximum absolute atomic E-state index is 13.4. The second kappa shape index (κ2) is 8.91. The molecule has 0 bridgehead atoms. The van der Waals surface area contributed by atoms with Crippen LogP contribution in [0.5, 0.6) is 0 Å². The van der Waals surface area contributed by atoms with E-state index in [4.69, 9.17) is 0 Å². The van der Waals surface area contributed by atoms with Crippen LogP contribution in [0.4, 0.5) is 0 Å². The number of carbonyl (C=O) groups excluding carboxylic acids is 2. The van der Waals surface area contributed by atoms with Crippen LogP contribution in [0.3, 0.4) is 0 Å². The number of amides is 2. The first-order valence-electron chi connectivity index (χ1n) is 10.1. The Morgan fingerprint density at radius 1 is 1.21 bits per heavy atom. The highest BCUT2D eigenvalue weighted by Gasteiger charge is 2.34. The zero-order chi connectivity index (χ0) is 20.3. The van der Waals surface area contributed by atoms with E-state index in [0.717, 1.165) is 6.42 Å². The maximum atomic E-state index is 13.4. The van der Waals surface area contributed by atoms with E-state index in [1.54, 1.807) is 16.2 Å². The lowest BCUT2D eigenvalue weighted by Gasteiger charge is -2.38. The van der Waals surface area contributed by atoms with Gasteiger partial charge in [0.05, 0.1) is 12.6 Å². The molecular weight excluding hydrogens is 368 g/mol. The van der Waals surface area contributed by atoms with Crippen LogP contribution in [0, 0.1) is 12.8 Å². The normalized spacial score (nSPS) is 16.2. The van der Waals surface area contributed by atoms with Gasteiger partial charge in [0.15, 0.2) is 0 Å². The van der Waals surface area contributed by atoms with Crippen LogP contribution in [0.25, 0.3) is 0 Å². The molecule has 1 aromatic heterocycles. The van der Waals surface area contributed by atoms with Gasteiger partial charge in [0.2, 0.25) is 11.8 Å². The molecule has 0 aliphatic carbocycles. The molecule has 28 heavy (non-hydrogen) atoms. The lowest BCUT2D eigenvalue weighted by molar-refractivity contribution is -0.142. The molecule has 0 unspecified atom stereocenters. The minimum absolute atomic E-state index is 0.0348. The van der Waals surface area contributed by atoms with Gasteiger partial charge in [-0.2, -0.15) is 0 Å². The van der Waals surface area contributed by atoms with Gasteiger partial charge in [0.1, 0.15) is 0 Å². The summed E-state index contributed by atoms with van der Waals surface area (Å²) in [6.45, 7) is 9.59. The highest BCUT2D eigenvalue weighted by molar-refractivity contribution is 7.10. The minimum atomic E-state index is -0.0682. The molecule has 150 valence electrons. The smallest absolute Gasteiger partial charge is 0.242 e. The monoisotopic (exact) mass is 398 g/mol. The third kappa shape index (κ3) is 4.30. The molecule has 0 N–H and O–H groups in total. The number of carbonyl (C=O) groups is 2. The number of nitrogens with zero attached hydrogens (tertiary/aromatic N) is 2. The van der Waals surface area contributed by atoms with Crippen LogP contribution in [-0.4, -0.2) is 41.2 Å². The van der Waals surface area contributed by atoms with E-state index in [2.05, 4.69) is 44.4 Å². The van der Waals surface area contributed by atoms with Crippen molar-refractivity contribution in [3.8, 4) is 0 Å². The molecule has 3 rings (SSSR count). The van der Waals surface area contributed by atoms with Crippen LogP contribution >= 0.6 is 11.3 Å². The second-order valence-corrected chi connectivity index (χ2v) is 8.92. The van der Waals surface area contributed by atoms with Gasteiger partial charge in [-0.3, -0.25) is 9.59 Å². The average molecular weight is 399 g/mol. The van der Waals surface area contributed by atoms with Crippen LogP contribution in [0.15, 0.2) is 35.7 Å². The third-order valence-electron chi connectivity index (χ3n) is 5.34. The molecular formula is C23H30N2O2S. The first-order chi connectivity index (χ1) is 13.4. The van der Waals surface area contributed by atoms with Crippen LogP contribution in [0.2, 0.25) is 0 Å². The van der Waals surface area contributed by atoms with Crippen molar-refractivity contribution in [3.05, 3.63) is 57.3 Å². The van der Waals surface area contributed by atoms with Crippen molar-refractivity contribution in [1.82, 2.24) is 9.80 Å². The minimum Gasteiger partial charge on any atom is -0.333 e. The third-order valence-corrected chi connectivity index (χ3v) is 6.33. The summed E-state index contributed by atoms with van der Waals surface area (Å²) in [6, 6.07) is 10.4. The maximum Gasteiger partial charge on any atom is 0.242 e. The van der Waals surface area contributed by atoms with Gasteiger partial charge < -0.3 is 9.80 Å². The highest BCUT2D eigenvalue weighted by Crippen LogP contribution is 2.39. The summed E-state index contributed by atoms with van der Waals surface area (Å²) in [5.41, 5.74) is 3.59. The van der Waals surface area contributed by atoms with E-state index < -0.39 is 0 Å². The fraction of sp³-hybridized carbons (Fsp3) is 0.478. The van der Waals surface area contributed by atoms with Crippen LogP contribution < -0.4 is 0 Å². The quantitative estimate of drug-likeness (QED) is 0.722. The van der Waals surface area contributed by atoms with Crippen molar-refractivity contribution in [2.24, 2.45) is 5.92 Å². The molecule has 5 heteroatoms. The summed E-state index contributed by atoms with van der Waals surface area (Å²) < 4.78 is 0. The molecule has 0 saturated heterocycles. The Morgan fingerprint density at radius 2 is 1.96 bits per heavy atom. The largest absolute Gasteiger partial charge is 0.333 e. The van der Waals surface area contributed by atoms with Crippen molar-refractivity contribution in [1.29, 1.82) is 0 Å². The first kappa shape index (κ1) is 20.6. The topological polar surface area (TPSA) is 40.6 Å². The Bertz CT molecular complexity index is 843. The van der Waals surface area contributed by atoms with Crippen LogP contribution in [-0.2, 0) is 16.0 Å². The molecule has 0 spiro atoms. The number of fused-ring (bicyclic) bond motifs is 1. The van der Waals surface area contributed by atoms with Gasteiger partial charge >= 0.3 is 0 Å². The van der Waals surface area contributed by atoms with E-state index in [0.29, 0.717) is 25.4 Å². The fourth-order valence-electron chi connectivity index (χ4n) is 3.99. The zero-order valence-electron chi connectivity index (χ0n) is 17.3. The van der Waals surface area contributed by atoms with Crippen molar-refractivity contribution >= 4 is 23.2 Å². The van der Waals surface area contributed by atoms with E-state index in [9.17, 15) is 9.59 Å². The molecule has 4 nitrogen and oxygen atoms in total. The fourth-order valence-corrected chi connectivity index (χ4v) is 4.89. The molecule has 2 aromatic rings. The van der Waals surface area contributed by atoms with Crippen LogP contribution in [0.1, 0.15) is 54.8 Å². The Hall–Kier alpha value is -2.14. The van der Waals surface area contributed by atoms with Gasteiger partial charge in [0.25, 0.3) is 0 Å². The Labute approximate surface area is 172 Å². The molecule has 0 saturated carbocycles. The van der Waals surface area contributed by atoms with E-state index >= 15 is 0 Å². The van der Waals surface area contributed by atoms with Gasteiger partial charge in [0, 0.05) is 24.4 Å². The van der Waals surface area contributed by atoms with Gasteiger partial charge in [-0.05, 0) is 47.4 Å². The summed E-state index contributed by atoms with van der Waals surface area (Å²) in [4.78, 5) is 30.8. The number of hydrogen-bond acceptors (Lipinski definition) is 3. The summed E-state index contributed by atoms with van der Waals surface area (Å²) >= 11 is 1.77. The molecule has 0 fully saturated rings. The Kier molecular flexibility index (Phi) is 6.55. The zero-order valence-corrected chi connectivity index (χ0v) is 18.1. The number of hydrogen-bond donors (Lipinski definition) is 0. The van der Waals surface area contributed by atoms with Crippen molar-refractivity contribution in [2.75, 3.05) is 19.6 Å². The predicted octanol–water partition coefficient (Wildman–Crippen LogP) is 4.43. The average Bonchev–Trinajstić information content (AvgIpc) is 3.15. The number of rotatable bonds is 6. The first-order valence-corrected chi connectivity index (χ1v) is 11.0. The van der Waals surface area contributed by atoms with E-state index in [-0.39, 0.29) is 24.4 Å². The summed E-state index contributed by atoms with van der Waals surface area (Å²) in [6.07, 6.45) is 1.31. The molecule has 1 atom stereocenters. The Morgan fingerprint density at radius 3 is 2.64 bits per heavy atom. The summed E-state index contributed by atoms with van der Waals surface area (Å²) in [5.74, 6) is 0.413. The van der Waals surface area contributed by atoms with E-state index in [1.807, 2.05) is 24.0 Å². The van der Waals surface area contributed by atoms with Gasteiger partial charge in [-0.25, -0.2) is 0 Å². The van der Waals surface area contributed by atoms with Crippen molar-refractivity contribution in [2.45, 2.75) is 46.6 Å². The number of benzene rings is 1. The highest BCUT2D eigenvalue weighted by atomic mass is 32.1. The molecule has 2 heterocycles. The number of thiophene rings is 1. The van der Waals surface area contributed by atoms with E-state index in [1.165, 1.54) is 21.6 Å². The molecule has 1 aliphatic rings. The summed E-state index contributed by atoms with van der Waals surface area (Å²) in [7, 11) is 0.